The molecular formula is C12H14N2O4. The zero-order valence-corrected chi connectivity index (χ0v) is 9.83. The second-order valence-electron chi connectivity index (χ2n) is 4.26. The first-order valence-electron chi connectivity index (χ1n) is 5.81. The molecule has 0 aliphatic carbocycles. The lowest BCUT2D eigenvalue weighted by Crippen LogP contribution is -2.28. The molecule has 1 aromatic carbocycles. The second-order valence-corrected chi connectivity index (χ2v) is 4.26. The number of carbonyl (C=O) groups is 1. The number of carbonyl (C=O) groups excluding carboxylic acids is 1. The Bertz CT molecular complexity index is 481. The van der Waals surface area contributed by atoms with E-state index >= 15 is 0 Å². The minimum atomic E-state index is -0.540. The molecule has 1 aliphatic heterocycles. The Morgan fingerprint density at radius 2 is 2.06 bits per heavy atom. The number of nitro groups is 1. The van der Waals surface area contributed by atoms with Gasteiger partial charge in [-0.05, 0) is 24.5 Å². The predicted molar refractivity (Wildman–Crippen MR) is 64.2 cm³/mol. The first-order chi connectivity index (χ1) is 8.63. The van der Waals surface area contributed by atoms with Crippen LogP contribution in [0.1, 0.15) is 28.8 Å². The molecule has 0 atom stereocenters. The van der Waals surface area contributed by atoms with Crippen molar-refractivity contribution in [1.82, 2.24) is 4.90 Å². The van der Waals surface area contributed by atoms with E-state index in [0.717, 1.165) is 12.8 Å². The summed E-state index contributed by atoms with van der Waals surface area (Å²) < 4.78 is 0. The molecule has 1 amide bonds. The summed E-state index contributed by atoms with van der Waals surface area (Å²) in [7, 11) is 0. The van der Waals surface area contributed by atoms with Crippen LogP contribution >= 0.6 is 0 Å². The van der Waals surface area contributed by atoms with Crippen molar-refractivity contribution in [3.05, 3.63) is 39.4 Å². The first kappa shape index (κ1) is 12.5. The number of nitrogens with zero attached hydrogens (tertiary/aromatic N) is 2. The molecule has 0 unspecified atom stereocenters. The molecule has 1 heterocycles. The SMILES string of the molecule is O=C(c1cc([N+](=O)[O-])ccc1CO)N1CCCC1. The Labute approximate surface area is 104 Å². The molecule has 0 saturated carbocycles. The third-order valence-electron chi connectivity index (χ3n) is 3.10. The van der Waals surface area contributed by atoms with Crippen LogP contribution in [0.5, 0.6) is 0 Å². The van der Waals surface area contributed by atoms with Gasteiger partial charge in [-0.2, -0.15) is 0 Å². The maximum absolute atomic E-state index is 12.2. The van der Waals surface area contributed by atoms with Gasteiger partial charge >= 0.3 is 0 Å². The lowest BCUT2D eigenvalue weighted by Gasteiger charge is -2.16. The number of likely N-dealkylation sites (tertiary alicyclic amines) is 1. The Balaban J connectivity index is 2.36. The molecule has 18 heavy (non-hydrogen) atoms. The molecule has 0 spiro atoms. The molecule has 1 fully saturated rings. The highest BCUT2D eigenvalue weighted by molar-refractivity contribution is 5.96. The van der Waals surface area contributed by atoms with Crippen molar-refractivity contribution in [2.75, 3.05) is 13.1 Å². The number of hydrogen-bond donors (Lipinski definition) is 1. The third kappa shape index (κ3) is 2.33. The largest absolute Gasteiger partial charge is 0.392 e. The van der Waals surface area contributed by atoms with E-state index in [1.807, 2.05) is 0 Å². The molecule has 0 aromatic heterocycles. The minimum absolute atomic E-state index is 0.130. The van der Waals surface area contributed by atoms with Crippen LogP contribution in [-0.2, 0) is 6.61 Å². The van der Waals surface area contributed by atoms with Gasteiger partial charge in [0.15, 0.2) is 0 Å². The van der Waals surface area contributed by atoms with Gasteiger partial charge in [-0.25, -0.2) is 0 Å². The third-order valence-corrected chi connectivity index (χ3v) is 3.10. The monoisotopic (exact) mass is 250 g/mol. The number of nitro benzene ring substituents is 1. The lowest BCUT2D eigenvalue weighted by molar-refractivity contribution is -0.384. The van der Waals surface area contributed by atoms with Gasteiger partial charge in [-0.15, -0.1) is 0 Å². The molecule has 6 heteroatoms. The summed E-state index contributed by atoms with van der Waals surface area (Å²) in [4.78, 5) is 24.0. The smallest absolute Gasteiger partial charge is 0.270 e. The van der Waals surface area contributed by atoms with Crippen molar-refractivity contribution < 1.29 is 14.8 Å². The van der Waals surface area contributed by atoms with E-state index in [0.29, 0.717) is 18.7 Å². The number of non-ortho nitro benzene ring substituents is 1. The topological polar surface area (TPSA) is 83.7 Å². The highest BCUT2D eigenvalue weighted by Crippen LogP contribution is 2.21. The molecule has 6 nitrogen and oxygen atoms in total. The molecule has 0 bridgehead atoms. The zero-order valence-electron chi connectivity index (χ0n) is 9.83. The molecule has 1 saturated heterocycles. The number of benzene rings is 1. The molecule has 1 aromatic rings. The fraction of sp³-hybridized carbons (Fsp3) is 0.417. The molecule has 96 valence electrons. The van der Waals surface area contributed by atoms with Crippen LogP contribution in [-0.4, -0.2) is 33.9 Å². The highest BCUT2D eigenvalue weighted by atomic mass is 16.6. The highest BCUT2D eigenvalue weighted by Gasteiger charge is 2.23. The van der Waals surface area contributed by atoms with Crippen LogP contribution < -0.4 is 0 Å². The van der Waals surface area contributed by atoms with Crippen LogP contribution in [0.15, 0.2) is 18.2 Å². The lowest BCUT2D eigenvalue weighted by atomic mass is 10.1. The normalized spacial score (nSPS) is 14.8. The van der Waals surface area contributed by atoms with Gasteiger partial charge in [-0.1, -0.05) is 0 Å². The number of amides is 1. The van der Waals surface area contributed by atoms with Gasteiger partial charge < -0.3 is 10.0 Å². The van der Waals surface area contributed by atoms with Crippen molar-refractivity contribution in [1.29, 1.82) is 0 Å². The average molecular weight is 250 g/mol. The van der Waals surface area contributed by atoms with E-state index in [9.17, 15) is 20.0 Å². The van der Waals surface area contributed by atoms with Gasteiger partial charge in [0, 0.05) is 25.2 Å². The van der Waals surface area contributed by atoms with Crippen molar-refractivity contribution in [3.63, 3.8) is 0 Å². The summed E-state index contributed by atoms with van der Waals surface area (Å²) in [5.41, 5.74) is 0.529. The van der Waals surface area contributed by atoms with Crippen LogP contribution in [0.4, 0.5) is 5.69 Å². The average Bonchev–Trinajstić information content (AvgIpc) is 2.90. The molecule has 2 rings (SSSR count). The second kappa shape index (κ2) is 5.14. The van der Waals surface area contributed by atoms with Crippen LogP contribution in [0, 0.1) is 10.1 Å². The van der Waals surface area contributed by atoms with Crippen molar-refractivity contribution in [3.8, 4) is 0 Å². The number of hydrogen-bond acceptors (Lipinski definition) is 4. The molecular weight excluding hydrogens is 236 g/mol. The number of rotatable bonds is 3. The first-order valence-corrected chi connectivity index (χ1v) is 5.81. The summed E-state index contributed by atoms with van der Waals surface area (Å²) in [6, 6.07) is 3.97. The van der Waals surface area contributed by atoms with E-state index < -0.39 is 4.92 Å². The van der Waals surface area contributed by atoms with E-state index in [2.05, 4.69) is 0 Å². The van der Waals surface area contributed by atoms with Gasteiger partial charge in [0.05, 0.1) is 17.1 Å². The fourth-order valence-electron chi connectivity index (χ4n) is 2.11. The predicted octanol–water partition coefficient (Wildman–Crippen LogP) is 1.32. The summed E-state index contributed by atoms with van der Waals surface area (Å²) in [5.74, 6) is -0.236. The maximum Gasteiger partial charge on any atom is 0.270 e. The number of aliphatic hydroxyl groups excluding tert-OH is 1. The van der Waals surface area contributed by atoms with E-state index in [-0.39, 0.29) is 23.8 Å². The zero-order chi connectivity index (χ0) is 13.1. The Morgan fingerprint density at radius 1 is 1.39 bits per heavy atom. The number of aliphatic hydroxyl groups is 1. The van der Waals surface area contributed by atoms with Crippen molar-refractivity contribution in [2.24, 2.45) is 0 Å². The molecule has 1 N–H and O–H groups in total. The van der Waals surface area contributed by atoms with Crippen LogP contribution in [0.2, 0.25) is 0 Å². The fourth-order valence-corrected chi connectivity index (χ4v) is 2.11. The summed E-state index contributed by atoms with van der Waals surface area (Å²) in [6.45, 7) is 1.05. The van der Waals surface area contributed by atoms with Crippen LogP contribution in [0.3, 0.4) is 0 Å². The van der Waals surface area contributed by atoms with Crippen LogP contribution in [0.25, 0.3) is 0 Å². The molecule has 1 aliphatic rings. The Morgan fingerprint density at radius 3 is 2.61 bits per heavy atom. The van der Waals surface area contributed by atoms with Crippen molar-refractivity contribution >= 4 is 11.6 Å². The standard InChI is InChI=1S/C12H14N2O4/c15-8-9-3-4-10(14(17)18)7-11(9)12(16)13-5-1-2-6-13/h3-4,7,15H,1-2,5-6,8H2. The Hall–Kier alpha value is -1.95. The summed E-state index contributed by atoms with van der Waals surface area (Å²) in [6.07, 6.45) is 1.91. The van der Waals surface area contributed by atoms with E-state index in [1.54, 1.807) is 4.90 Å². The van der Waals surface area contributed by atoms with E-state index in [1.165, 1.54) is 18.2 Å². The van der Waals surface area contributed by atoms with Gasteiger partial charge in [-0.3, -0.25) is 14.9 Å². The van der Waals surface area contributed by atoms with Crippen molar-refractivity contribution in [2.45, 2.75) is 19.4 Å². The quantitative estimate of drug-likeness (QED) is 0.647. The van der Waals surface area contributed by atoms with Gasteiger partial charge in [0.1, 0.15) is 0 Å². The van der Waals surface area contributed by atoms with E-state index in [4.69, 9.17) is 0 Å². The van der Waals surface area contributed by atoms with Gasteiger partial charge in [0.2, 0.25) is 0 Å². The maximum atomic E-state index is 12.2. The molecule has 0 radical (unpaired) electrons. The Kier molecular flexibility index (Phi) is 3.57. The summed E-state index contributed by atoms with van der Waals surface area (Å²) >= 11 is 0. The minimum Gasteiger partial charge on any atom is -0.392 e. The van der Waals surface area contributed by atoms with Gasteiger partial charge in [0.25, 0.3) is 11.6 Å². The summed E-state index contributed by atoms with van der Waals surface area (Å²) in [5, 5.41) is 19.9.